The Morgan fingerprint density at radius 2 is 1.63 bits per heavy atom. The van der Waals surface area contributed by atoms with Crippen molar-refractivity contribution < 1.29 is 13.2 Å². The lowest BCUT2D eigenvalue weighted by Gasteiger charge is -2.36. The van der Waals surface area contributed by atoms with Gasteiger partial charge in [0, 0.05) is 34.2 Å². The lowest BCUT2D eigenvalue weighted by atomic mass is 9.94. The zero-order valence-corrected chi connectivity index (χ0v) is 13.3. The average molecular weight is 291 g/mol. The van der Waals surface area contributed by atoms with Gasteiger partial charge < -0.3 is 4.90 Å². The first-order chi connectivity index (χ1) is 8.64. The second-order valence-electron chi connectivity index (χ2n) is 5.82. The van der Waals surface area contributed by atoms with E-state index in [1.807, 2.05) is 0 Å². The van der Waals surface area contributed by atoms with Crippen LogP contribution in [-0.2, 0) is 15.0 Å². The Bertz CT molecular complexity index is 412. The molecule has 0 radical (unpaired) electrons. The number of likely N-dealkylation sites (N-methyl/N-ethyl adjacent to an activating group) is 2. The van der Waals surface area contributed by atoms with Crippen molar-refractivity contribution in [2.45, 2.75) is 20.3 Å². The van der Waals surface area contributed by atoms with Crippen LogP contribution < -0.4 is 0 Å². The van der Waals surface area contributed by atoms with Gasteiger partial charge in [0.1, 0.15) is 0 Å². The lowest BCUT2D eigenvalue weighted by molar-refractivity contribution is -0.128. The maximum atomic E-state index is 12.4. The molecule has 1 aliphatic rings. The largest absolute Gasteiger partial charge is 0.348 e. The molecular weight excluding hydrogens is 266 g/mol. The van der Waals surface area contributed by atoms with Crippen LogP contribution >= 0.6 is 0 Å². The molecule has 0 aromatic heterocycles. The highest BCUT2D eigenvalue weighted by Gasteiger charge is 2.33. The van der Waals surface area contributed by atoms with Gasteiger partial charge in [-0.3, -0.25) is 4.79 Å². The van der Waals surface area contributed by atoms with E-state index in [9.17, 15) is 13.2 Å². The molecule has 1 amide bonds. The first kappa shape index (κ1) is 16.4. The Morgan fingerprint density at radius 3 is 2.05 bits per heavy atom. The molecule has 1 rings (SSSR count). The Labute approximate surface area is 116 Å². The third-order valence-electron chi connectivity index (χ3n) is 3.41. The van der Waals surface area contributed by atoms with Crippen LogP contribution in [0.2, 0.25) is 0 Å². The van der Waals surface area contributed by atoms with Crippen molar-refractivity contribution in [3.63, 3.8) is 0 Å². The van der Waals surface area contributed by atoms with Crippen molar-refractivity contribution in [1.82, 2.24) is 13.5 Å². The molecule has 7 heteroatoms. The van der Waals surface area contributed by atoms with Gasteiger partial charge in [0.15, 0.2) is 0 Å². The molecule has 0 saturated carbocycles. The van der Waals surface area contributed by atoms with Crippen molar-refractivity contribution >= 4 is 16.1 Å². The number of carbonyl (C=O) groups excluding carboxylic acids is 1. The minimum atomic E-state index is -3.54. The number of amides is 1. The van der Waals surface area contributed by atoms with Gasteiger partial charge in [-0.1, -0.05) is 13.8 Å². The highest BCUT2D eigenvalue weighted by molar-refractivity contribution is 7.86. The van der Waals surface area contributed by atoms with E-state index < -0.39 is 10.2 Å². The zero-order chi connectivity index (χ0) is 14.8. The van der Waals surface area contributed by atoms with Crippen LogP contribution in [0.1, 0.15) is 20.3 Å². The van der Waals surface area contributed by atoms with Crippen LogP contribution in [0.5, 0.6) is 0 Å². The van der Waals surface area contributed by atoms with Crippen LogP contribution in [0, 0.1) is 11.8 Å². The second kappa shape index (κ2) is 6.19. The molecule has 19 heavy (non-hydrogen) atoms. The predicted octanol–water partition coefficient (Wildman–Crippen LogP) is 0.229. The van der Waals surface area contributed by atoms with E-state index in [1.54, 1.807) is 14.1 Å². The number of nitrogens with zero attached hydrogens (tertiary/aromatic N) is 3. The Morgan fingerprint density at radius 1 is 1.16 bits per heavy atom. The summed E-state index contributed by atoms with van der Waals surface area (Å²) in [6.07, 6.45) is 1.05. The minimum absolute atomic E-state index is 0.116. The minimum Gasteiger partial charge on any atom is -0.348 e. The van der Waals surface area contributed by atoms with E-state index in [1.165, 1.54) is 16.3 Å². The van der Waals surface area contributed by atoms with Gasteiger partial charge in [-0.05, 0) is 18.3 Å². The summed E-state index contributed by atoms with van der Waals surface area (Å²) in [6, 6.07) is 0. The molecule has 2 atom stereocenters. The molecule has 1 heterocycles. The van der Waals surface area contributed by atoms with Gasteiger partial charge >= 0.3 is 0 Å². The topological polar surface area (TPSA) is 60.9 Å². The highest BCUT2D eigenvalue weighted by atomic mass is 32.2. The Balaban J connectivity index is 2.76. The summed E-state index contributed by atoms with van der Waals surface area (Å²) in [6.45, 7) is 5.07. The molecule has 0 aromatic rings. The van der Waals surface area contributed by atoms with Gasteiger partial charge in [-0.2, -0.15) is 17.0 Å². The molecule has 6 nitrogen and oxygen atoms in total. The Hall–Kier alpha value is -0.660. The molecule has 1 aliphatic heterocycles. The van der Waals surface area contributed by atoms with Crippen LogP contribution in [0.3, 0.4) is 0 Å². The lowest BCUT2D eigenvalue weighted by Crippen LogP contribution is -2.50. The van der Waals surface area contributed by atoms with Crippen molar-refractivity contribution in [3.05, 3.63) is 0 Å². The van der Waals surface area contributed by atoms with Crippen molar-refractivity contribution in [2.24, 2.45) is 11.8 Å². The first-order valence-electron chi connectivity index (χ1n) is 6.56. The zero-order valence-electron chi connectivity index (χ0n) is 12.5. The maximum absolute atomic E-state index is 12.4. The number of rotatable bonds is 4. The van der Waals surface area contributed by atoms with Crippen LogP contribution in [0.15, 0.2) is 0 Å². The smallest absolute Gasteiger partial charge is 0.282 e. The fraction of sp³-hybridized carbons (Fsp3) is 0.917. The number of hydrogen-bond donors (Lipinski definition) is 0. The first-order valence-corrected chi connectivity index (χ1v) is 7.95. The van der Waals surface area contributed by atoms with E-state index in [2.05, 4.69) is 13.8 Å². The molecule has 0 bridgehead atoms. The normalized spacial score (nSPS) is 25.6. The summed E-state index contributed by atoms with van der Waals surface area (Å²) < 4.78 is 27.5. The molecule has 0 aliphatic carbocycles. The van der Waals surface area contributed by atoms with Crippen LogP contribution in [0.4, 0.5) is 0 Å². The van der Waals surface area contributed by atoms with Gasteiger partial charge in [0.25, 0.3) is 10.2 Å². The summed E-state index contributed by atoms with van der Waals surface area (Å²) in [4.78, 5) is 13.0. The van der Waals surface area contributed by atoms with Crippen LogP contribution in [0.25, 0.3) is 0 Å². The third-order valence-corrected chi connectivity index (χ3v) is 5.28. The quantitative estimate of drug-likeness (QED) is 0.745. The van der Waals surface area contributed by atoms with Crippen molar-refractivity contribution in [1.29, 1.82) is 0 Å². The second-order valence-corrected chi connectivity index (χ2v) is 7.85. The molecule has 2 unspecified atom stereocenters. The number of piperidine rings is 1. The summed E-state index contributed by atoms with van der Waals surface area (Å²) >= 11 is 0. The van der Waals surface area contributed by atoms with E-state index in [0.29, 0.717) is 24.9 Å². The summed E-state index contributed by atoms with van der Waals surface area (Å²) in [5.74, 6) is 0.497. The molecule has 0 aromatic carbocycles. The fourth-order valence-electron chi connectivity index (χ4n) is 2.40. The fourth-order valence-corrected chi connectivity index (χ4v) is 3.96. The monoisotopic (exact) mass is 291 g/mol. The van der Waals surface area contributed by atoms with Crippen LogP contribution in [-0.4, -0.2) is 68.6 Å². The molecule has 0 N–H and O–H groups in total. The van der Waals surface area contributed by atoms with E-state index in [-0.39, 0.29) is 12.5 Å². The van der Waals surface area contributed by atoms with Gasteiger partial charge in [0.05, 0.1) is 6.54 Å². The van der Waals surface area contributed by atoms with Crippen molar-refractivity contribution in [3.8, 4) is 0 Å². The highest BCUT2D eigenvalue weighted by Crippen LogP contribution is 2.24. The predicted molar refractivity (Wildman–Crippen MR) is 74.8 cm³/mol. The molecule has 0 spiro atoms. The maximum Gasteiger partial charge on any atom is 0.282 e. The summed E-state index contributed by atoms with van der Waals surface area (Å²) in [5.41, 5.74) is 0. The average Bonchev–Trinajstić information content (AvgIpc) is 2.27. The van der Waals surface area contributed by atoms with Gasteiger partial charge in [0.2, 0.25) is 5.91 Å². The SMILES string of the molecule is CC1CC(C)CN(S(=O)(=O)N(C)CC(=O)N(C)C)C1. The van der Waals surface area contributed by atoms with E-state index in [0.717, 1.165) is 10.7 Å². The summed E-state index contributed by atoms with van der Waals surface area (Å²) in [5, 5.41) is 0. The standard InChI is InChI=1S/C12H25N3O3S/c1-10-6-11(2)8-15(7-10)19(17,18)14(5)9-12(16)13(3)4/h10-11H,6-9H2,1-5H3. The Kier molecular flexibility index (Phi) is 5.34. The number of hydrogen-bond acceptors (Lipinski definition) is 3. The van der Waals surface area contributed by atoms with Gasteiger partial charge in [-0.25, -0.2) is 0 Å². The summed E-state index contributed by atoms with van der Waals surface area (Å²) in [7, 11) is 1.16. The van der Waals surface area contributed by atoms with E-state index >= 15 is 0 Å². The third kappa shape index (κ3) is 4.15. The van der Waals surface area contributed by atoms with Crippen molar-refractivity contribution in [2.75, 3.05) is 40.8 Å². The molecule has 1 fully saturated rings. The molecule has 112 valence electrons. The molecule has 1 saturated heterocycles. The molecular formula is C12H25N3O3S. The van der Waals surface area contributed by atoms with Gasteiger partial charge in [-0.15, -0.1) is 0 Å². The number of carbonyl (C=O) groups is 1. The van der Waals surface area contributed by atoms with E-state index in [4.69, 9.17) is 0 Å².